The van der Waals surface area contributed by atoms with Crippen LogP contribution < -0.4 is 5.73 Å². The molecule has 0 saturated heterocycles. The Balaban J connectivity index is 2.33. The lowest BCUT2D eigenvalue weighted by Gasteiger charge is -2.28. The zero-order valence-corrected chi connectivity index (χ0v) is 6.22. The van der Waals surface area contributed by atoms with E-state index < -0.39 is 6.17 Å². The van der Waals surface area contributed by atoms with Crippen LogP contribution in [0.3, 0.4) is 0 Å². The Bertz CT molecular complexity index is 110. The first kappa shape index (κ1) is 7.95. The number of hydrogen-bond donors (Lipinski definition) is 1. The summed E-state index contributed by atoms with van der Waals surface area (Å²) < 4.78 is 17.8. The van der Waals surface area contributed by atoms with E-state index in [4.69, 9.17) is 10.5 Å². The van der Waals surface area contributed by atoms with Crippen molar-refractivity contribution in [2.24, 2.45) is 5.73 Å². The summed E-state index contributed by atoms with van der Waals surface area (Å²) in [5, 5.41) is 0. The van der Waals surface area contributed by atoms with E-state index in [2.05, 4.69) is 0 Å². The smallest absolute Gasteiger partial charge is 0.118 e. The van der Waals surface area contributed by atoms with Crippen LogP contribution in [0.1, 0.15) is 19.3 Å². The molecule has 10 heavy (non-hydrogen) atoms. The van der Waals surface area contributed by atoms with E-state index >= 15 is 0 Å². The minimum Gasteiger partial charge on any atom is -0.381 e. The van der Waals surface area contributed by atoms with E-state index in [1.807, 2.05) is 0 Å². The number of alkyl halides is 1. The average molecular weight is 147 g/mol. The van der Waals surface area contributed by atoms with Gasteiger partial charge in [-0.25, -0.2) is 4.39 Å². The lowest BCUT2D eigenvalue weighted by Crippen LogP contribution is -2.39. The van der Waals surface area contributed by atoms with Crippen LogP contribution in [0.15, 0.2) is 0 Å². The highest BCUT2D eigenvalue weighted by molar-refractivity contribution is 4.82. The molecular formula is C7H14FNO. The molecule has 60 valence electrons. The van der Waals surface area contributed by atoms with E-state index in [0.29, 0.717) is 6.42 Å². The number of ether oxygens (including phenoxy) is 1. The highest BCUT2D eigenvalue weighted by Crippen LogP contribution is 2.21. The summed E-state index contributed by atoms with van der Waals surface area (Å²) in [6, 6.07) is -0.258. The van der Waals surface area contributed by atoms with Crippen LogP contribution >= 0.6 is 0 Å². The largest absolute Gasteiger partial charge is 0.381 e. The SMILES string of the molecule is CO[C@@H]1CC[C@@H](N)[C@@H](F)C1. The Hall–Kier alpha value is -0.150. The molecule has 0 aromatic carbocycles. The van der Waals surface area contributed by atoms with E-state index in [0.717, 1.165) is 12.8 Å². The van der Waals surface area contributed by atoms with Crippen LogP contribution in [-0.4, -0.2) is 25.4 Å². The van der Waals surface area contributed by atoms with Crippen LogP contribution in [0.25, 0.3) is 0 Å². The van der Waals surface area contributed by atoms with Gasteiger partial charge in [-0.3, -0.25) is 0 Å². The molecule has 3 heteroatoms. The highest BCUT2D eigenvalue weighted by atomic mass is 19.1. The van der Waals surface area contributed by atoms with Gasteiger partial charge in [-0.15, -0.1) is 0 Å². The average Bonchev–Trinajstić information content (AvgIpc) is 1.95. The molecule has 3 atom stereocenters. The fraction of sp³-hybridized carbons (Fsp3) is 1.00. The van der Waals surface area contributed by atoms with Gasteiger partial charge in [0.25, 0.3) is 0 Å². The van der Waals surface area contributed by atoms with Crippen LogP contribution in [-0.2, 0) is 4.74 Å². The van der Waals surface area contributed by atoms with Crippen molar-refractivity contribution in [1.82, 2.24) is 0 Å². The van der Waals surface area contributed by atoms with Crippen molar-refractivity contribution in [2.45, 2.75) is 37.6 Å². The zero-order chi connectivity index (χ0) is 7.56. The fourth-order valence-electron chi connectivity index (χ4n) is 1.32. The number of rotatable bonds is 1. The second-order valence-electron chi connectivity index (χ2n) is 2.85. The lowest BCUT2D eigenvalue weighted by atomic mass is 9.92. The van der Waals surface area contributed by atoms with Gasteiger partial charge in [0, 0.05) is 19.6 Å². The molecule has 0 unspecified atom stereocenters. The topological polar surface area (TPSA) is 35.2 Å². The Morgan fingerprint density at radius 2 is 2.20 bits per heavy atom. The summed E-state index contributed by atoms with van der Waals surface area (Å²) in [5.41, 5.74) is 5.46. The van der Waals surface area contributed by atoms with Crippen LogP contribution in [0.2, 0.25) is 0 Å². The third kappa shape index (κ3) is 1.67. The van der Waals surface area contributed by atoms with Gasteiger partial charge < -0.3 is 10.5 Å². The molecule has 0 aromatic rings. The van der Waals surface area contributed by atoms with Crippen molar-refractivity contribution in [3.05, 3.63) is 0 Å². The minimum absolute atomic E-state index is 0.0924. The van der Waals surface area contributed by atoms with Crippen LogP contribution in [0, 0.1) is 0 Å². The van der Waals surface area contributed by atoms with Crippen molar-refractivity contribution in [3.63, 3.8) is 0 Å². The number of hydrogen-bond acceptors (Lipinski definition) is 2. The first-order valence-electron chi connectivity index (χ1n) is 3.66. The standard InChI is InChI=1S/C7H14FNO/c1-10-5-2-3-7(9)6(8)4-5/h5-7H,2-4,9H2,1H3/t5-,6+,7-/m1/s1. The molecule has 1 fully saturated rings. The summed E-state index contributed by atoms with van der Waals surface area (Å²) in [5.74, 6) is 0. The molecule has 1 saturated carbocycles. The molecule has 0 aliphatic heterocycles. The van der Waals surface area contributed by atoms with Gasteiger partial charge in [0.2, 0.25) is 0 Å². The van der Waals surface area contributed by atoms with Gasteiger partial charge in [0.15, 0.2) is 0 Å². The maximum absolute atomic E-state index is 12.8. The van der Waals surface area contributed by atoms with Gasteiger partial charge in [0.1, 0.15) is 6.17 Å². The van der Waals surface area contributed by atoms with Gasteiger partial charge in [-0.1, -0.05) is 0 Å². The second-order valence-corrected chi connectivity index (χ2v) is 2.85. The van der Waals surface area contributed by atoms with Crippen molar-refractivity contribution in [2.75, 3.05) is 7.11 Å². The third-order valence-electron chi connectivity index (χ3n) is 2.11. The van der Waals surface area contributed by atoms with Gasteiger partial charge in [0.05, 0.1) is 6.10 Å². The Kier molecular flexibility index (Phi) is 2.63. The van der Waals surface area contributed by atoms with Crippen molar-refractivity contribution in [3.8, 4) is 0 Å². The van der Waals surface area contributed by atoms with Crippen molar-refractivity contribution >= 4 is 0 Å². The van der Waals surface area contributed by atoms with Gasteiger partial charge in [-0.05, 0) is 12.8 Å². The summed E-state index contributed by atoms with van der Waals surface area (Å²) >= 11 is 0. The number of methoxy groups -OCH3 is 1. The molecule has 0 bridgehead atoms. The summed E-state index contributed by atoms with van der Waals surface area (Å²) in [6.07, 6.45) is 1.35. The third-order valence-corrected chi connectivity index (χ3v) is 2.11. The van der Waals surface area contributed by atoms with E-state index in [1.54, 1.807) is 7.11 Å². The number of halogens is 1. The summed E-state index contributed by atoms with van der Waals surface area (Å²) in [6.45, 7) is 0. The molecular weight excluding hydrogens is 133 g/mol. The molecule has 0 amide bonds. The Morgan fingerprint density at radius 3 is 2.70 bits per heavy atom. The van der Waals surface area contributed by atoms with Crippen molar-refractivity contribution in [1.29, 1.82) is 0 Å². The minimum atomic E-state index is -0.862. The highest BCUT2D eigenvalue weighted by Gasteiger charge is 2.27. The van der Waals surface area contributed by atoms with E-state index in [1.165, 1.54) is 0 Å². The van der Waals surface area contributed by atoms with E-state index in [9.17, 15) is 4.39 Å². The van der Waals surface area contributed by atoms with Crippen molar-refractivity contribution < 1.29 is 9.13 Å². The molecule has 2 N–H and O–H groups in total. The molecule has 1 aliphatic rings. The lowest BCUT2D eigenvalue weighted by molar-refractivity contribution is 0.0325. The fourth-order valence-corrected chi connectivity index (χ4v) is 1.32. The van der Waals surface area contributed by atoms with Crippen LogP contribution in [0.4, 0.5) is 4.39 Å². The van der Waals surface area contributed by atoms with Crippen LogP contribution in [0.5, 0.6) is 0 Å². The number of nitrogens with two attached hydrogens (primary N) is 1. The monoisotopic (exact) mass is 147 g/mol. The zero-order valence-electron chi connectivity index (χ0n) is 6.22. The predicted molar refractivity (Wildman–Crippen MR) is 37.5 cm³/mol. The summed E-state index contributed by atoms with van der Waals surface area (Å²) in [7, 11) is 1.62. The first-order valence-corrected chi connectivity index (χ1v) is 3.66. The molecule has 1 rings (SSSR count). The maximum atomic E-state index is 12.8. The predicted octanol–water partition coefficient (Wildman–Crippen LogP) is 0.851. The maximum Gasteiger partial charge on any atom is 0.118 e. The molecule has 2 nitrogen and oxygen atoms in total. The molecule has 0 aromatic heterocycles. The van der Waals surface area contributed by atoms with Gasteiger partial charge in [-0.2, -0.15) is 0 Å². The Morgan fingerprint density at radius 1 is 1.50 bits per heavy atom. The van der Waals surface area contributed by atoms with Gasteiger partial charge >= 0.3 is 0 Å². The summed E-state index contributed by atoms with van der Waals surface area (Å²) in [4.78, 5) is 0. The second kappa shape index (κ2) is 3.30. The molecule has 1 aliphatic carbocycles. The van der Waals surface area contributed by atoms with E-state index in [-0.39, 0.29) is 12.1 Å². The molecule has 0 radical (unpaired) electrons. The molecule has 0 heterocycles. The Labute approximate surface area is 60.5 Å². The normalized spacial score (nSPS) is 41.7. The first-order chi connectivity index (χ1) is 4.74. The molecule has 0 spiro atoms. The quantitative estimate of drug-likeness (QED) is 0.596.